The van der Waals surface area contributed by atoms with E-state index in [9.17, 15) is 14.7 Å². The minimum atomic E-state index is -0.308. The zero-order valence-corrected chi connectivity index (χ0v) is 18.4. The van der Waals surface area contributed by atoms with Crippen molar-refractivity contribution in [3.05, 3.63) is 62.6 Å². The number of aromatic hydroxyl groups is 1. The molecule has 3 atom stereocenters. The van der Waals surface area contributed by atoms with E-state index in [1.54, 1.807) is 11.0 Å². The summed E-state index contributed by atoms with van der Waals surface area (Å²) in [6.07, 6.45) is 3.38. The molecule has 2 aliphatic heterocycles. The van der Waals surface area contributed by atoms with E-state index in [1.807, 2.05) is 18.2 Å². The fraction of sp³-hybridized carbons (Fsp3) is 0.520. The third-order valence-corrected chi connectivity index (χ3v) is 8.62. The SMILES string of the molecule is CC12Cc3cc(C(=O)N4CCOCC4)c(=O)[nH]c3C[C@@]13CCNC2Cc1ccc(O)cc13. The molecule has 2 bridgehead atoms. The Labute approximate surface area is 186 Å². The zero-order chi connectivity index (χ0) is 22.1. The highest BCUT2D eigenvalue weighted by molar-refractivity contribution is 5.94. The predicted octanol–water partition coefficient (Wildman–Crippen LogP) is 1.51. The fourth-order valence-corrected chi connectivity index (χ4v) is 6.85. The maximum Gasteiger partial charge on any atom is 0.261 e. The van der Waals surface area contributed by atoms with E-state index < -0.39 is 0 Å². The van der Waals surface area contributed by atoms with Gasteiger partial charge in [0.15, 0.2) is 0 Å². The number of nitrogens with zero attached hydrogens (tertiary/aromatic N) is 1. The van der Waals surface area contributed by atoms with Gasteiger partial charge >= 0.3 is 0 Å². The quantitative estimate of drug-likeness (QED) is 0.631. The number of pyridine rings is 1. The summed E-state index contributed by atoms with van der Waals surface area (Å²) in [5, 5.41) is 14.0. The van der Waals surface area contributed by atoms with Gasteiger partial charge in [-0.1, -0.05) is 13.0 Å². The highest BCUT2D eigenvalue weighted by atomic mass is 16.5. The number of piperidine rings is 1. The van der Waals surface area contributed by atoms with E-state index in [2.05, 4.69) is 17.2 Å². The standard InChI is InChI=1S/C25H29N3O4/c1-24-13-16-10-18(23(31)28-6-8-32-9-7-28)22(30)27-20(16)14-25(24)4-5-26-21(24)11-15-2-3-17(29)12-19(15)25/h2-3,10,12,21,26,29H,4-9,11,13-14H2,1H3,(H,27,30)/t21?,24?,25-/m1/s1. The molecule has 168 valence electrons. The van der Waals surface area contributed by atoms with Gasteiger partial charge in [0.2, 0.25) is 0 Å². The second-order valence-electron chi connectivity index (χ2n) is 10.1. The van der Waals surface area contributed by atoms with Crippen molar-refractivity contribution in [1.29, 1.82) is 0 Å². The minimum absolute atomic E-state index is 0.0729. The molecule has 7 nitrogen and oxygen atoms in total. The molecule has 6 rings (SSSR count). The van der Waals surface area contributed by atoms with Crippen molar-refractivity contribution in [1.82, 2.24) is 15.2 Å². The lowest BCUT2D eigenvalue weighted by molar-refractivity contribution is 0.0143. The Morgan fingerprint density at radius 1 is 1.19 bits per heavy atom. The van der Waals surface area contributed by atoms with Crippen LogP contribution in [0.5, 0.6) is 5.75 Å². The van der Waals surface area contributed by atoms with Gasteiger partial charge in [0.1, 0.15) is 11.3 Å². The number of rotatable bonds is 1. The molecule has 3 N–H and O–H groups in total. The molecule has 1 amide bonds. The Balaban J connectivity index is 1.46. The van der Waals surface area contributed by atoms with Gasteiger partial charge in [-0.05, 0) is 72.5 Å². The van der Waals surface area contributed by atoms with Crippen LogP contribution in [0.2, 0.25) is 0 Å². The molecule has 4 aliphatic rings. The summed E-state index contributed by atoms with van der Waals surface area (Å²) in [6, 6.07) is 7.92. The minimum Gasteiger partial charge on any atom is -0.508 e. The summed E-state index contributed by atoms with van der Waals surface area (Å²) in [7, 11) is 0. The molecule has 1 aromatic heterocycles. The summed E-state index contributed by atoms with van der Waals surface area (Å²) in [4.78, 5) is 30.9. The van der Waals surface area contributed by atoms with Gasteiger partial charge in [-0.15, -0.1) is 0 Å². The van der Waals surface area contributed by atoms with Crippen molar-refractivity contribution >= 4 is 5.91 Å². The van der Waals surface area contributed by atoms with E-state index in [-0.39, 0.29) is 27.9 Å². The highest BCUT2D eigenvalue weighted by Crippen LogP contribution is 2.59. The Bertz CT molecular complexity index is 1170. The number of carbonyl (C=O) groups excluding carboxylic acids is 1. The Hall–Kier alpha value is -2.64. The van der Waals surface area contributed by atoms with Gasteiger partial charge in [-0.3, -0.25) is 9.59 Å². The van der Waals surface area contributed by atoms with Crippen molar-refractivity contribution in [2.75, 3.05) is 32.8 Å². The Morgan fingerprint density at radius 3 is 2.81 bits per heavy atom. The number of hydrogen-bond acceptors (Lipinski definition) is 5. The smallest absolute Gasteiger partial charge is 0.261 e. The topological polar surface area (TPSA) is 94.7 Å². The lowest BCUT2D eigenvalue weighted by Crippen LogP contribution is -2.67. The Kier molecular flexibility index (Phi) is 4.33. The molecule has 32 heavy (non-hydrogen) atoms. The van der Waals surface area contributed by atoms with Crippen LogP contribution < -0.4 is 10.9 Å². The summed E-state index contributed by atoms with van der Waals surface area (Å²) in [5.41, 5.74) is 4.20. The number of hydrogen-bond donors (Lipinski definition) is 3. The fourth-order valence-electron chi connectivity index (χ4n) is 6.85. The number of ether oxygens (including phenoxy) is 1. The van der Waals surface area contributed by atoms with Gasteiger partial charge in [-0.2, -0.15) is 0 Å². The van der Waals surface area contributed by atoms with E-state index in [1.165, 1.54) is 11.1 Å². The first kappa shape index (κ1) is 20.0. The molecule has 7 heteroatoms. The third kappa shape index (κ3) is 2.67. The van der Waals surface area contributed by atoms with Crippen LogP contribution in [0.3, 0.4) is 0 Å². The second kappa shape index (κ2) is 6.93. The number of carbonyl (C=O) groups is 1. The second-order valence-corrected chi connectivity index (χ2v) is 10.1. The largest absolute Gasteiger partial charge is 0.508 e. The van der Waals surface area contributed by atoms with Crippen LogP contribution in [0.25, 0.3) is 0 Å². The van der Waals surface area contributed by atoms with Gasteiger partial charge in [-0.25, -0.2) is 0 Å². The van der Waals surface area contributed by atoms with Crippen LogP contribution in [-0.4, -0.2) is 59.8 Å². The van der Waals surface area contributed by atoms with Gasteiger partial charge in [0, 0.05) is 30.2 Å². The van der Waals surface area contributed by atoms with Crippen molar-refractivity contribution in [2.45, 2.75) is 44.1 Å². The average Bonchev–Trinajstić information content (AvgIpc) is 2.78. The molecule has 1 aromatic carbocycles. The van der Waals surface area contributed by atoms with Gasteiger partial charge < -0.3 is 25.0 Å². The lowest BCUT2D eigenvalue weighted by atomic mass is 9.45. The molecule has 3 heterocycles. The third-order valence-electron chi connectivity index (χ3n) is 8.62. The summed E-state index contributed by atoms with van der Waals surface area (Å²) in [6.45, 7) is 5.31. The average molecular weight is 436 g/mol. The molecule has 0 saturated carbocycles. The number of aromatic amines is 1. The molecule has 2 saturated heterocycles. The maximum atomic E-state index is 13.1. The summed E-state index contributed by atoms with van der Waals surface area (Å²) < 4.78 is 5.35. The van der Waals surface area contributed by atoms with Crippen LogP contribution in [0, 0.1) is 5.41 Å². The first-order valence-electron chi connectivity index (χ1n) is 11.6. The molecule has 2 aliphatic carbocycles. The van der Waals surface area contributed by atoms with Crippen LogP contribution in [0.15, 0.2) is 29.1 Å². The monoisotopic (exact) mass is 435 g/mol. The molecule has 0 radical (unpaired) electrons. The van der Waals surface area contributed by atoms with E-state index in [4.69, 9.17) is 4.74 Å². The summed E-state index contributed by atoms with van der Waals surface area (Å²) >= 11 is 0. The van der Waals surface area contributed by atoms with Crippen LogP contribution in [0.1, 0.15) is 46.1 Å². The molecule has 0 spiro atoms. The number of phenolic OH excluding ortho intramolecular Hbond substituents is 1. The number of H-pyrrole nitrogens is 1. The van der Waals surface area contributed by atoms with Crippen LogP contribution in [0.4, 0.5) is 0 Å². The number of fused-ring (bicyclic) bond motifs is 2. The number of morpholine rings is 1. The first-order chi connectivity index (χ1) is 15.4. The number of aromatic nitrogens is 1. The summed E-state index contributed by atoms with van der Waals surface area (Å²) in [5.74, 6) is 0.0863. The Morgan fingerprint density at radius 2 is 2.00 bits per heavy atom. The predicted molar refractivity (Wildman–Crippen MR) is 119 cm³/mol. The molecule has 2 unspecified atom stereocenters. The highest BCUT2D eigenvalue weighted by Gasteiger charge is 2.60. The van der Waals surface area contributed by atoms with Crippen LogP contribution in [-0.2, 0) is 29.4 Å². The molecular weight excluding hydrogens is 406 g/mol. The molecule has 2 fully saturated rings. The lowest BCUT2D eigenvalue weighted by Gasteiger charge is -2.62. The van der Waals surface area contributed by atoms with E-state index in [0.717, 1.165) is 37.1 Å². The molecule has 2 aromatic rings. The van der Waals surface area contributed by atoms with Crippen molar-refractivity contribution in [3.8, 4) is 5.75 Å². The maximum absolute atomic E-state index is 13.1. The zero-order valence-electron chi connectivity index (χ0n) is 18.4. The van der Waals surface area contributed by atoms with Crippen LogP contribution >= 0.6 is 0 Å². The number of benzene rings is 1. The molecular formula is C25H29N3O4. The normalized spacial score (nSPS) is 30.8. The van der Waals surface area contributed by atoms with Gasteiger partial charge in [0.25, 0.3) is 11.5 Å². The van der Waals surface area contributed by atoms with E-state index in [0.29, 0.717) is 44.5 Å². The number of phenols is 1. The van der Waals surface area contributed by atoms with Crippen molar-refractivity contribution < 1.29 is 14.6 Å². The number of amides is 1. The van der Waals surface area contributed by atoms with Crippen molar-refractivity contribution in [2.24, 2.45) is 5.41 Å². The van der Waals surface area contributed by atoms with Gasteiger partial charge in [0.05, 0.1) is 13.2 Å². The first-order valence-corrected chi connectivity index (χ1v) is 11.6. The number of nitrogens with one attached hydrogen (secondary N) is 2. The van der Waals surface area contributed by atoms with Crippen molar-refractivity contribution in [3.63, 3.8) is 0 Å². The van der Waals surface area contributed by atoms with E-state index >= 15 is 0 Å².